The summed E-state index contributed by atoms with van der Waals surface area (Å²) < 4.78 is 17.2. The van der Waals surface area contributed by atoms with Crippen molar-refractivity contribution in [3.63, 3.8) is 0 Å². The first-order valence-corrected chi connectivity index (χ1v) is 7.63. The standard InChI is InChI=1S/C19H14N2O4/c1-23-16-9-8-13(19(22)21-12-5-4-10-20-11-12)17-18(16)25-15-7-3-2-6-14(15)24-17/h2-11H,1H3,(H,21,22). The molecule has 1 aliphatic heterocycles. The molecule has 0 radical (unpaired) electrons. The molecule has 6 heteroatoms. The molecule has 0 unspecified atom stereocenters. The fraction of sp³-hybridized carbons (Fsp3) is 0.0526. The van der Waals surface area contributed by atoms with Crippen molar-refractivity contribution in [3.8, 4) is 28.7 Å². The van der Waals surface area contributed by atoms with E-state index in [9.17, 15) is 4.79 Å². The Hall–Kier alpha value is -3.54. The van der Waals surface area contributed by atoms with Gasteiger partial charge in [-0.25, -0.2) is 0 Å². The highest BCUT2D eigenvalue weighted by atomic mass is 16.6. The van der Waals surface area contributed by atoms with Gasteiger partial charge in [-0.15, -0.1) is 0 Å². The Morgan fingerprint density at radius 2 is 1.76 bits per heavy atom. The van der Waals surface area contributed by atoms with E-state index in [1.54, 1.807) is 48.8 Å². The first-order chi connectivity index (χ1) is 12.3. The summed E-state index contributed by atoms with van der Waals surface area (Å²) in [5, 5.41) is 2.79. The van der Waals surface area contributed by atoms with E-state index in [-0.39, 0.29) is 5.91 Å². The summed E-state index contributed by atoms with van der Waals surface area (Å²) in [6.07, 6.45) is 3.21. The first kappa shape index (κ1) is 15.0. The lowest BCUT2D eigenvalue weighted by Gasteiger charge is -2.23. The second-order valence-electron chi connectivity index (χ2n) is 5.32. The van der Waals surface area contributed by atoms with E-state index in [0.717, 1.165) is 0 Å². The van der Waals surface area contributed by atoms with E-state index in [1.165, 1.54) is 7.11 Å². The predicted molar refractivity (Wildman–Crippen MR) is 91.8 cm³/mol. The molecule has 1 amide bonds. The molecule has 0 aliphatic carbocycles. The Bertz CT molecular complexity index is 941. The Morgan fingerprint density at radius 3 is 2.44 bits per heavy atom. The molecule has 1 aromatic heterocycles. The molecule has 2 heterocycles. The van der Waals surface area contributed by atoms with Crippen LogP contribution in [0.1, 0.15) is 10.4 Å². The lowest BCUT2D eigenvalue weighted by molar-refractivity contribution is 0.102. The molecule has 0 atom stereocenters. The quantitative estimate of drug-likeness (QED) is 0.607. The van der Waals surface area contributed by atoms with Crippen LogP contribution in [0.4, 0.5) is 5.69 Å². The van der Waals surface area contributed by atoms with Crippen molar-refractivity contribution < 1.29 is 19.0 Å². The number of carbonyl (C=O) groups excluding carboxylic acids is 1. The molecule has 0 fully saturated rings. The monoisotopic (exact) mass is 334 g/mol. The molecular formula is C19H14N2O4. The van der Waals surface area contributed by atoms with Crippen LogP contribution in [0, 0.1) is 0 Å². The van der Waals surface area contributed by atoms with Crippen molar-refractivity contribution >= 4 is 11.6 Å². The summed E-state index contributed by atoms with van der Waals surface area (Å²) in [7, 11) is 1.54. The minimum atomic E-state index is -0.324. The average molecular weight is 334 g/mol. The van der Waals surface area contributed by atoms with Gasteiger partial charge in [0, 0.05) is 6.20 Å². The highest BCUT2D eigenvalue weighted by Gasteiger charge is 2.28. The number of carbonyl (C=O) groups is 1. The highest BCUT2D eigenvalue weighted by Crippen LogP contribution is 2.51. The van der Waals surface area contributed by atoms with Crippen LogP contribution in [0.15, 0.2) is 60.9 Å². The number of rotatable bonds is 3. The van der Waals surface area contributed by atoms with Crippen molar-refractivity contribution in [1.82, 2.24) is 4.98 Å². The third-order valence-electron chi connectivity index (χ3n) is 3.73. The maximum Gasteiger partial charge on any atom is 0.259 e. The van der Waals surface area contributed by atoms with E-state index >= 15 is 0 Å². The minimum Gasteiger partial charge on any atom is -0.493 e. The van der Waals surface area contributed by atoms with Gasteiger partial charge in [0.1, 0.15) is 0 Å². The van der Waals surface area contributed by atoms with Gasteiger partial charge in [0.2, 0.25) is 5.75 Å². The van der Waals surface area contributed by atoms with Gasteiger partial charge in [0.25, 0.3) is 5.91 Å². The molecule has 1 N–H and O–H groups in total. The molecule has 2 aromatic carbocycles. The molecule has 25 heavy (non-hydrogen) atoms. The molecule has 3 aromatic rings. The fourth-order valence-electron chi connectivity index (χ4n) is 2.56. The second kappa shape index (κ2) is 6.16. The molecule has 0 bridgehead atoms. The zero-order valence-electron chi connectivity index (χ0n) is 13.4. The van der Waals surface area contributed by atoms with Gasteiger partial charge >= 0.3 is 0 Å². The van der Waals surface area contributed by atoms with Crippen LogP contribution in [0.2, 0.25) is 0 Å². The molecule has 0 spiro atoms. The minimum absolute atomic E-state index is 0.319. The summed E-state index contributed by atoms with van der Waals surface area (Å²) in [6, 6.07) is 14.1. The smallest absolute Gasteiger partial charge is 0.259 e. The molecule has 6 nitrogen and oxygen atoms in total. The van der Waals surface area contributed by atoms with E-state index in [4.69, 9.17) is 14.2 Å². The van der Waals surface area contributed by atoms with E-state index in [0.29, 0.717) is 40.0 Å². The number of nitrogens with one attached hydrogen (secondary N) is 1. The normalized spacial score (nSPS) is 11.4. The Morgan fingerprint density at radius 1 is 1.00 bits per heavy atom. The largest absolute Gasteiger partial charge is 0.493 e. The number of nitrogens with zero attached hydrogens (tertiary/aromatic N) is 1. The molecular weight excluding hydrogens is 320 g/mol. The highest BCUT2D eigenvalue weighted by molar-refractivity contribution is 6.07. The Labute approximate surface area is 144 Å². The van der Waals surface area contributed by atoms with Gasteiger partial charge < -0.3 is 19.5 Å². The zero-order valence-corrected chi connectivity index (χ0v) is 13.4. The van der Waals surface area contributed by atoms with Crippen LogP contribution < -0.4 is 19.5 Å². The summed E-state index contributed by atoms with van der Waals surface area (Å²) in [4.78, 5) is 16.7. The van der Waals surface area contributed by atoms with Crippen molar-refractivity contribution in [2.75, 3.05) is 12.4 Å². The van der Waals surface area contributed by atoms with Gasteiger partial charge in [-0.3, -0.25) is 9.78 Å². The topological polar surface area (TPSA) is 69.7 Å². The predicted octanol–water partition coefficient (Wildman–Crippen LogP) is 4.24. The molecule has 0 saturated carbocycles. The number of benzene rings is 2. The first-order valence-electron chi connectivity index (χ1n) is 7.63. The number of methoxy groups -OCH3 is 1. The number of fused-ring (bicyclic) bond motifs is 2. The van der Waals surface area contributed by atoms with E-state index in [1.807, 2.05) is 12.1 Å². The number of anilines is 1. The maximum atomic E-state index is 12.7. The van der Waals surface area contributed by atoms with Gasteiger partial charge in [-0.2, -0.15) is 0 Å². The fourth-order valence-corrected chi connectivity index (χ4v) is 2.56. The van der Waals surface area contributed by atoms with Crippen LogP contribution in [0.3, 0.4) is 0 Å². The van der Waals surface area contributed by atoms with Gasteiger partial charge in [-0.1, -0.05) is 12.1 Å². The molecule has 4 rings (SSSR count). The number of pyridine rings is 1. The number of para-hydroxylation sites is 2. The van der Waals surface area contributed by atoms with Gasteiger partial charge in [0.15, 0.2) is 23.0 Å². The van der Waals surface area contributed by atoms with Gasteiger partial charge in [0.05, 0.1) is 24.6 Å². The van der Waals surface area contributed by atoms with Crippen LogP contribution >= 0.6 is 0 Å². The number of amides is 1. The SMILES string of the molecule is COc1ccc(C(=O)Nc2cccnc2)c2c1Oc1ccccc1O2. The molecule has 1 aliphatic rings. The summed E-state index contributed by atoms with van der Waals surface area (Å²) in [6.45, 7) is 0. The summed E-state index contributed by atoms with van der Waals surface area (Å²) >= 11 is 0. The van der Waals surface area contributed by atoms with Crippen molar-refractivity contribution in [2.24, 2.45) is 0 Å². The van der Waals surface area contributed by atoms with E-state index in [2.05, 4.69) is 10.3 Å². The maximum absolute atomic E-state index is 12.7. The summed E-state index contributed by atoms with van der Waals surface area (Å²) in [5.74, 6) is 1.97. The number of ether oxygens (including phenoxy) is 3. The summed E-state index contributed by atoms with van der Waals surface area (Å²) in [5.41, 5.74) is 0.934. The Balaban J connectivity index is 1.74. The number of aromatic nitrogens is 1. The van der Waals surface area contributed by atoms with Crippen molar-refractivity contribution in [3.05, 3.63) is 66.5 Å². The number of hydrogen-bond donors (Lipinski definition) is 1. The third-order valence-corrected chi connectivity index (χ3v) is 3.73. The van der Waals surface area contributed by atoms with Crippen LogP contribution in [-0.2, 0) is 0 Å². The van der Waals surface area contributed by atoms with Crippen LogP contribution in [0.5, 0.6) is 28.7 Å². The lowest BCUT2D eigenvalue weighted by Crippen LogP contribution is -2.15. The van der Waals surface area contributed by atoms with Gasteiger partial charge in [-0.05, 0) is 36.4 Å². The zero-order chi connectivity index (χ0) is 17.2. The molecule has 0 saturated heterocycles. The third kappa shape index (κ3) is 2.74. The lowest BCUT2D eigenvalue weighted by atomic mass is 10.1. The average Bonchev–Trinajstić information content (AvgIpc) is 2.66. The van der Waals surface area contributed by atoms with Crippen LogP contribution in [0.25, 0.3) is 0 Å². The molecule has 124 valence electrons. The van der Waals surface area contributed by atoms with Crippen molar-refractivity contribution in [1.29, 1.82) is 0 Å². The number of hydrogen-bond acceptors (Lipinski definition) is 5. The van der Waals surface area contributed by atoms with E-state index < -0.39 is 0 Å². The Kier molecular flexibility index (Phi) is 3.70. The van der Waals surface area contributed by atoms with Crippen molar-refractivity contribution in [2.45, 2.75) is 0 Å². The van der Waals surface area contributed by atoms with Crippen LogP contribution in [-0.4, -0.2) is 18.0 Å². The second-order valence-corrected chi connectivity index (χ2v) is 5.32.